The minimum atomic E-state index is -0.754. The van der Waals surface area contributed by atoms with E-state index in [0.29, 0.717) is 13.0 Å². The number of hydrogen-bond acceptors (Lipinski definition) is 3. The van der Waals surface area contributed by atoms with Gasteiger partial charge >= 0.3 is 0 Å². The van der Waals surface area contributed by atoms with Gasteiger partial charge in [-0.3, -0.25) is 9.59 Å². The van der Waals surface area contributed by atoms with Crippen LogP contribution < -0.4 is 5.32 Å². The lowest BCUT2D eigenvalue weighted by Crippen LogP contribution is -2.69. The smallest absolute Gasteiger partial charge is 0.248 e. The average molecular weight is 308 g/mol. The predicted octanol–water partition coefficient (Wildman–Crippen LogP) is 2.59. The first kappa shape index (κ1) is 16.0. The molecule has 116 valence electrons. The van der Waals surface area contributed by atoms with Gasteiger partial charge in [0.25, 0.3) is 0 Å². The second kappa shape index (κ2) is 6.60. The van der Waals surface area contributed by atoms with Crippen molar-refractivity contribution in [1.82, 2.24) is 10.2 Å². The SMILES string of the molecule is CCCC1C(=O)NC(C)(CC)C(=O)N1CCc1ccsc1. The molecule has 2 heterocycles. The van der Waals surface area contributed by atoms with Gasteiger partial charge in [0.05, 0.1) is 0 Å². The van der Waals surface area contributed by atoms with Crippen LogP contribution in [0.3, 0.4) is 0 Å². The average Bonchev–Trinajstić information content (AvgIpc) is 2.97. The molecule has 2 atom stereocenters. The van der Waals surface area contributed by atoms with Gasteiger partial charge in [0.15, 0.2) is 0 Å². The number of thiophene rings is 1. The highest BCUT2D eigenvalue weighted by molar-refractivity contribution is 7.07. The van der Waals surface area contributed by atoms with Crippen LogP contribution in [0.1, 0.15) is 45.6 Å². The maximum absolute atomic E-state index is 12.8. The summed E-state index contributed by atoms with van der Waals surface area (Å²) in [5.41, 5.74) is 0.475. The number of rotatable bonds is 6. The predicted molar refractivity (Wildman–Crippen MR) is 85.3 cm³/mol. The Labute approximate surface area is 130 Å². The van der Waals surface area contributed by atoms with Gasteiger partial charge in [0, 0.05) is 6.54 Å². The van der Waals surface area contributed by atoms with E-state index in [1.54, 1.807) is 16.2 Å². The molecular formula is C16H24N2O2S. The summed E-state index contributed by atoms with van der Waals surface area (Å²) in [6.07, 6.45) is 3.04. The van der Waals surface area contributed by atoms with Crippen molar-refractivity contribution in [2.45, 2.75) is 58.0 Å². The van der Waals surface area contributed by atoms with Gasteiger partial charge in [-0.25, -0.2) is 0 Å². The number of piperazine rings is 1. The number of carbonyl (C=O) groups excluding carboxylic acids is 2. The van der Waals surface area contributed by atoms with Crippen LogP contribution in [-0.4, -0.2) is 34.8 Å². The fourth-order valence-corrected chi connectivity index (χ4v) is 3.45. The summed E-state index contributed by atoms with van der Waals surface area (Å²) in [5.74, 6) is 0.0457. The Hall–Kier alpha value is -1.36. The molecule has 1 aromatic rings. The molecule has 2 amide bonds. The summed E-state index contributed by atoms with van der Waals surface area (Å²) in [6, 6.07) is 1.76. The molecule has 0 spiro atoms. The van der Waals surface area contributed by atoms with Crippen molar-refractivity contribution in [2.75, 3.05) is 6.54 Å². The van der Waals surface area contributed by atoms with E-state index in [9.17, 15) is 9.59 Å². The Morgan fingerprint density at radius 1 is 1.38 bits per heavy atom. The maximum atomic E-state index is 12.8. The largest absolute Gasteiger partial charge is 0.340 e. The van der Waals surface area contributed by atoms with Gasteiger partial charge in [-0.1, -0.05) is 20.3 Å². The van der Waals surface area contributed by atoms with Gasteiger partial charge in [0.2, 0.25) is 11.8 Å². The van der Waals surface area contributed by atoms with Crippen LogP contribution in [0.2, 0.25) is 0 Å². The van der Waals surface area contributed by atoms with Gasteiger partial charge in [-0.05, 0) is 48.6 Å². The van der Waals surface area contributed by atoms with Crippen LogP contribution in [0.15, 0.2) is 16.8 Å². The van der Waals surface area contributed by atoms with E-state index in [2.05, 4.69) is 16.8 Å². The molecule has 0 saturated carbocycles. The Balaban J connectivity index is 2.17. The quantitative estimate of drug-likeness (QED) is 0.878. The standard InChI is InChI=1S/C16H24N2O2S/c1-4-6-13-14(19)17-16(3,5-2)15(20)18(13)9-7-12-8-10-21-11-12/h8,10-11,13H,4-7,9H2,1-3H3,(H,17,19). The molecule has 1 N–H and O–H groups in total. The topological polar surface area (TPSA) is 49.4 Å². The number of amides is 2. The van der Waals surface area contributed by atoms with Crippen molar-refractivity contribution < 1.29 is 9.59 Å². The van der Waals surface area contributed by atoms with Gasteiger partial charge in [0.1, 0.15) is 11.6 Å². The minimum absolute atomic E-state index is 0.00822. The van der Waals surface area contributed by atoms with E-state index < -0.39 is 5.54 Å². The molecular weight excluding hydrogens is 284 g/mol. The van der Waals surface area contributed by atoms with Gasteiger partial charge in [-0.15, -0.1) is 0 Å². The first-order valence-corrected chi connectivity index (χ1v) is 8.60. The van der Waals surface area contributed by atoms with E-state index in [0.717, 1.165) is 19.3 Å². The van der Waals surface area contributed by atoms with E-state index >= 15 is 0 Å². The molecule has 0 aliphatic carbocycles. The third-order valence-corrected chi connectivity index (χ3v) is 5.03. The Morgan fingerprint density at radius 3 is 2.71 bits per heavy atom. The molecule has 4 nitrogen and oxygen atoms in total. The van der Waals surface area contributed by atoms with Crippen molar-refractivity contribution in [3.05, 3.63) is 22.4 Å². The second-order valence-electron chi connectivity index (χ2n) is 5.86. The van der Waals surface area contributed by atoms with Crippen molar-refractivity contribution in [1.29, 1.82) is 0 Å². The number of hydrogen-bond donors (Lipinski definition) is 1. The van der Waals surface area contributed by atoms with Crippen molar-refractivity contribution in [2.24, 2.45) is 0 Å². The summed E-state index contributed by atoms with van der Waals surface area (Å²) in [4.78, 5) is 27.0. The van der Waals surface area contributed by atoms with Crippen LogP contribution in [0.25, 0.3) is 0 Å². The monoisotopic (exact) mass is 308 g/mol. The number of carbonyl (C=O) groups is 2. The molecule has 1 fully saturated rings. The summed E-state index contributed by atoms with van der Waals surface area (Å²) in [7, 11) is 0. The maximum Gasteiger partial charge on any atom is 0.248 e. The molecule has 1 saturated heterocycles. The fourth-order valence-electron chi connectivity index (χ4n) is 2.75. The zero-order chi connectivity index (χ0) is 15.5. The molecule has 21 heavy (non-hydrogen) atoms. The van der Waals surface area contributed by atoms with Crippen LogP contribution in [0.4, 0.5) is 0 Å². The van der Waals surface area contributed by atoms with Crippen molar-refractivity contribution in [3.63, 3.8) is 0 Å². The Bertz CT molecular complexity index is 500. The molecule has 0 bridgehead atoms. The third-order valence-electron chi connectivity index (χ3n) is 4.30. The Kier molecular flexibility index (Phi) is 5.04. The molecule has 5 heteroatoms. The first-order valence-electron chi connectivity index (χ1n) is 7.66. The first-order chi connectivity index (χ1) is 10.0. The van der Waals surface area contributed by atoms with Crippen LogP contribution in [0.5, 0.6) is 0 Å². The van der Waals surface area contributed by atoms with Gasteiger partial charge in [-0.2, -0.15) is 11.3 Å². The van der Waals surface area contributed by atoms with Gasteiger partial charge < -0.3 is 10.2 Å². The lowest BCUT2D eigenvalue weighted by Gasteiger charge is -2.44. The number of nitrogens with one attached hydrogen (secondary N) is 1. The summed E-state index contributed by atoms with van der Waals surface area (Å²) >= 11 is 1.66. The molecule has 2 rings (SSSR count). The number of nitrogens with zero attached hydrogens (tertiary/aromatic N) is 1. The van der Waals surface area contributed by atoms with E-state index in [-0.39, 0.29) is 17.9 Å². The molecule has 0 radical (unpaired) electrons. The Morgan fingerprint density at radius 2 is 2.14 bits per heavy atom. The third kappa shape index (κ3) is 3.28. The summed E-state index contributed by atoms with van der Waals surface area (Å²) < 4.78 is 0. The van der Waals surface area contributed by atoms with Crippen LogP contribution >= 0.6 is 11.3 Å². The van der Waals surface area contributed by atoms with Crippen molar-refractivity contribution in [3.8, 4) is 0 Å². The molecule has 1 aromatic heterocycles. The summed E-state index contributed by atoms with van der Waals surface area (Å²) in [6.45, 7) is 6.42. The summed E-state index contributed by atoms with van der Waals surface area (Å²) in [5, 5.41) is 7.06. The highest BCUT2D eigenvalue weighted by atomic mass is 32.1. The molecule has 1 aliphatic rings. The second-order valence-corrected chi connectivity index (χ2v) is 6.64. The van der Waals surface area contributed by atoms with Crippen LogP contribution in [0, 0.1) is 0 Å². The normalized spacial score (nSPS) is 26.0. The van der Waals surface area contributed by atoms with E-state index in [1.165, 1.54) is 5.56 Å². The minimum Gasteiger partial charge on any atom is -0.340 e. The zero-order valence-corrected chi connectivity index (χ0v) is 13.8. The van der Waals surface area contributed by atoms with E-state index in [1.807, 2.05) is 26.2 Å². The highest BCUT2D eigenvalue weighted by Gasteiger charge is 2.46. The van der Waals surface area contributed by atoms with E-state index in [4.69, 9.17) is 0 Å². The fraction of sp³-hybridized carbons (Fsp3) is 0.625. The van der Waals surface area contributed by atoms with Crippen LogP contribution in [-0.2, 0) is 16.0 Å². The molecule has 0 aromatic carbocycles. The highest BCUT2D eigenvalue weighted by Crippen LogP contribution is 2.24. The molecule has 2 unspecified atom stereocenters. The lowest BCUT2D eigenvalue weighted by atomic mass is 9.90. The molecule has 1 aliphatic heterocycles. The zero-order valence-electron chi connectivity index (χ0n) is 13.0. The van der Waals surface area contributed by atoms with Crippen molar-refractivity contribution >= 4 is 23.2 Å². The lowest BCUT2D eigenvalue weighted by molar-refractivity contribution is -0.154.